The van der Waals surface area contributed by atoms with Gasteiger partial charge in [-0.3, -0.25) is 0 Å². The Balaban J connectivity index is 1.53. The zero-order valence-electron chi connectivity index (χ0n) is 13.2. The number of hydrogen-bond acceptors (Lipinski definition) is 3. The van der Waals surface area contributed by atoms with E-state index in [9.17, 15) is 9.90 Å². The molecule has 0 radical (unpaired) electrons. The molecule has 5 nitrogen and oxygen atoms in total. The van der Waals surface area contributed by atoms with Crippen LogP contribution in [0.4, 0.5) is 4.79 Å². The lowest BCUT2D eigenvalue weighted by molar-refractivity contribution is 0.0267. The van der Waals surface area contributed by atoms with Crippen LogP contribution < -0.4 is 5.32 Å². The molecular weight excluding hydrogens is 268 g/mol. The standard InChI is InChI=1S/C16H30N2O3/c1-13-8-10-18(12-15(13)19)16(20)17-9-5-11-21-14-6-3-2-4-7-14/h13-15,19H,2-12H2,1H3,(H,17,20). The first kappa shape index (κ1) is 16.6. The average Bonchev–Trinajstić information content (AvgIpc) is 2.50. The first-order chi connectivity index (χ1) is 10.2. The molecule has 0 spiro atoms. The Kier molecular flexibility index (Phi) is 6.77. The van der Waals surface area contributed by atoms with E-state index in [1.807, 2.05) is 6.92 Å². The summed E-state index contributed by atoms with van der Waals surface area (Å²) < 4.78 is 5.84. The quantitative estimate of drug-likeness (QED) is 0.764. The van der Waals surface area contributed by atoms with Gasteiger partial charge in [0.15, 0.2) is 0 Å². The molecule has 1 aliphatic carbocycles. The highest BCUT2D eigenvalue weighted by Crippen LogP contribution is 2.20. The number of aliphatic hydroxyl groups excluding tert-OH is 1. The van der Waals surface area contributed by atoms with E-state index >= 15 is 0 Å². The highest BCUT2D eigenvalue weighted by molar-refractivity contribution is 5.74. The summed E-state index contributed by atoms with van der Waals surface area (Å²) in [5.74, 6) is 0.290. The van der Waals surface area contributed by atoms with Gasteiger partial charge in [0.05, 0.1) is 12.2 Å². The molecular formula is C16H30N2O3. The predicted octanol–water partition coefficient (Wildman–Crippen LogP) is 2.14. The number of carbonyl (C=O) groups is 1. The number of nitrogens with one attached hydrogen (secondary N) is 1. The molecule has 1 saturated carbocycles. The van der Waals surface area contributed by atoms with E-state index in [4.69, 9.17) is 4.74 Å². The molecule has 0 aromatic heterocycles. The number of rotatable bonds is 5. The topological polar surface area (TPSA) is 61.8 Å². The molecule has 2 atom stereocenters. The van der Waals surface area contributed by atoms with Gasteiger partial charge in [-0.05, 0) is 31.6 Å². The molecule has 0 bridgehead atoms. The van der Waals surface area contributed by atoms with Crippen LogP contribution in [0.15, 0.2) is 0 Å². The molecule has 21 heavy (non-hydrogen) atoms. The number of hydrogen-bond donors (Lipinski definition) is 2. The third-order valence-corrected chi connectivity index (χ3v) is 4.71. The van der Waals surface area contributed by atoms with E-state index in [0.29, 0.717) is 19.2 Å². The summed E-state index contributed by atoms with van der Waals surface area (Å²) in [6.07, 6.45) is 8.08. The third-order valence-electron chi connectivity index (χ3n) is 4.71. The van der Waals surface area contributed by atoms with Crippen molar-refractivity contribution >= 4 is 6.03 Å². The summed E-state index contributed by atoms with van der Waals surface area (Å²) in [6, 6.07) is -0.0568. The summed E-state index contributed by atoms with van der Waals surface area (Å²) in [5, 5.41) is 12.7. The monoisotopic (exact) mass is 298 g/mol. The fraction of sp³-hybridized carbons (Fsp3) is 0.938. The fourth-order valence-electron chi connectivity index (χ4n) is 3.09. The van der Waals surface area contributed by atoms with Gasteiger partial charge in [0, 0.05) is 26.2 Å². The minimum Gasteiger partial charge on any atom is -0.391 e. The first-order valence-corrected chi connectivity index (χ1v) is 8.49. The lowest BCUT2D eigenvalue weighted by atomic mass is 9.96. The molecule has 1 heterocycles. The van der Waals surface area contributed by atoms with E-state index < -0.39 is 0 Å². The minimum atomic E-state index is -0.390. The van der Waals surface area contributed by atoms with Gasteiger partial charge in [-0.15, -0.1) is 0 Å². The molecule has 0 aromatic rings. The summed E-state index contributed by atoms with van der Waals surface area (Å²) in [7, 11) is 0. The van der Waals surface area contributed by atoms with Crippen LogP contribution in [0, 0.1) is 5.92 Å². The second kappa shape index (κ2) is 8.59. The Morgan fingerprint density at radius 2 is 2.05 bits per heavy atom. The molecule has 2 unspecified atom stereocenters. The normalized spacial score (nSPS) is 27.6. The Hall–Kier alpha value is -0.810. The van der Waals surface area contributed by atoms with Crippen molar-refractivity contribution in [3.05, 3.63) is 0 Å². The van der Waals surface area contributed by atoms with Crippen molar-refractivity contribution in [2.75, 3.05) is 26.2 Å². The van der Waals surface area contributed by atoms with Gasteiger partial charge >= 0.3 is 6.03 Å². The second-order valence-corrected chi connectivity index (χ2v) is 6.50. The van der Waals surface area contributed by atoms with Gasteiger partial charge in [0.25, 0.3) is 0 Å². The third kappa shape index (κ3) is 5.47. The number of amides is 2. The summed E-state index contributed by atoms with van der Waals surface area (Å²) >= 11 is 0. The number of ether oxygens (including phenoxy) is 1. The van der Waals surface area contributed by atoms with Crippen molar-refractivity contribution in [3.8, 4) is 0 Å². The van der Waals surface area contributed by atoms with E-state index in [1.165, 1.54) is 32.1 Å². The second-order valence-electron chi connectivity index (χ2n) is 6.50. The first-order valence-electron chi connectivity index (χ1n) is 8.49. The Bertz CT molecular complexity index is 319. The van der Waals surface area contributed by atoms with E-state index in [0.717, 1.165) is 26.0 Å². The highest BCUT2D eigenvalue weighted by atomic mass is 16.5. The van der Waals surface area contributed by atoms with Crippen LogP contribution in [0.2, 0.25) is 0 Å². The van der Waals surface area contributed by atoms with Gasteiger partial charge in [-0.25, -0.2) is 4.79 Å². The van der Waals surface area contributed by atoms with Crippen LogP contribution in [0.25, 0.3) is 0 Å². The molecule has 2 aliphatic rings. The fourth-order valence-corrected chi connectivity index (χ4v) is 3.09. The minimum absolute atomic E-state index is 0.0568. The van der Waals surface area contributed by atoms with Gasteiger partial charge in [-0.2, -0.15) is 0 Å². The molecule has 2 fully saturated rings. The van der Waals surface area contributed by atoms with E-state index in [2.05, 4.69) is 5.32 Å². The van der Waals surface area contributed by atoms with Crippen molar-refractivity contribution in [3.63, 3.8) is 0 Å². The van der Waals surface area contributed by atoms with Crippen molar-refractivity contribution in [2.45, 2.75) is 64.1 Å². The van der Waals surface area contributed by atoms with Crippen LogP contribution in [0.3, 0.4) is 0 Å². The number of piperidine rings is 1. The lowest BCUT2D eigenvalue weighted by Gasteiger charge is -2.34. The van der Waals surface area contributed by atoms with E-state index in [1.54, 1.807) is 4.90 Å². The molecule has 0 aromatic carbocycles. The number of carbonyl (C=O) groups excluding carboxylic acids is 1. The Labute approximate surface area is 128 Å². The van der Waals surface area contributed by atoms with Gasteiger partial charge < -0.3 is 20.1 Å². The van der Waals surface area contributed by atoms with Crippen LogP contribution in [-0.4, -0.2) is 54.5 Å². The maximum absolute atomic E-state index is 12.0. The van der Waals surface area contributed by atoms with Crippen LogP contribution in [-0.2, 0) is 4.74 Å². The lowest BCUT2D eigenvalue weighted by Crippen LogP contribution is -2.49. The SMILES string of the molecule is CC1CCN(C(=O)NCCCOC2CCCCC2)CC1O. The molecule has 1 saturated heterocycles. The van der Waals surface area contributed by atoms with E-state index in [-0.39, 0.29) is 18.1 Å². The Morgan fingerprint density at radius 3 is 2.76 bits per heavy atom. The highest BCUT2D eigenvalue weighted by Gasteiger charge is 2.26. The van der Waals surface area contributed by atoms with Gasteiger partial charge in [0.1, 0.15) is 0 Å². The van der Waals surface area contributed by atoms with Crippen molar-refractivity contribution < 1.29 is 14.6 Å². The Morgan fingerprint density at radius 1 is 1.29 bits per heavy atom. The zero-order valence-corrected chi connectivity index (χ0v) is 13.2. The largest absolute Gasteiger partial charge is 0.391 e. The van der Waals surface area contributed by atoms with Crippen molar-refractivity contribution in [1.82, 2.24) is 10.2 Å². The van der Waals surface area contributed by atoms with Crippen molar-refractivity contribution in [2.24, 2.45) is 5.92 Å². The summed E-state index contributed by atoms with van der Waals surface area (Å²) in [6.45, 7) is 4.59. The number of urea groups is 1. The molecule has 2 amide bonds. The molecule has 2 N–H and O–H groups in total. The summed E-state index contributed by atoms with van der Waals surface area (Å²) in [5.41, 5.74) is 0. The maximum atomic E-state index is 12.0. The van der Waals surface area contributed by atoms with Crippen LogP contribution >= 0.6 is 0 Å². The molecule has 2 rings (SSSR count). The number of nitrogens with zero attached hydrogens (tertiary/aromatic N) is 1. The predicted molar refractivity (Wildman–Crippen MR) is 82.2 cm³/mol. The number of aliphatic hydroxyl groups is 1. The zero-order chi connectivity index (χ0) is 15.1. The van der Waals surface area contributed by atoms with Crippen LogP contribution in [0.1, 0.15) is 51.9 Å². The molecule has 122 valence electrons. The smallest absolute Gasteiger partial charge is 0.317 e. The maximum Gasteiger partial charge on any atom is 0.317 e. The van der Waals surface area contributed by atoms with Crippen LogP contribution in [0.5, 0.6) is 0 Å². The van der Waals surface area contributed by atoms with Gasteiger partial charge in [-0.1, -0.05) is 26.2 Å². The summed E-state index contributed by atoms with van der Waals surface area (Å²) in [4.78, 5) is 13.7. The molecule has 5 heteroatoms. The number of β-amino-alcohol motifs (C(OH)–C–C–N with tert-alkyl or cyclic N) is 1. The average molecular weight is 298 g/mol. The van der Waals surface area contributed by atoms with Gasteiger partial charge in [0.2, 0.25) is 0 Å². The molecule has 1 aliphatic heterocycles. The number of likely N-dealkylation sites (tertiary alicyclic amines) is 1. The van der Waals surface area contributed by atoms with Crippen molar-refractivity contribution in [1.29, 1.82) is 0 Å².